The first-order valence-electron chi connectivity index (χ1n) is 8.02. The lowest BCUT2D eigenvalue weighted by Gasteiger charge is -2.08. The summed E-state index contributed by atoms with van der Waals surface area (Å²) >= 11 is 4.60. The zero-order valence-electron chi connectivity index (χ0n) is 15.4. The van der Waals surface area contributed by atoms with Gasteiger partial charge in [0.1, 0.15) is 5.01 Å². The molecule has 3 rings (SSSR count). The molecule has 0 aliphatic carbocycles. The summed E-state index contributed by atoms with van der Waals surface area (Å²) in [5.74, 6) is 1.19. The van der Waals surface area contributed by atoms with E-state index in [0.717, 1.165) is 26.2 Å². The Balaban J connectivity index is 1.69. The van der Waals surface area contributed by atoms with Gasteiger partial charge in [0.2, 0.25) is 5.91 Å². The van der Waals surface area contributed by atoms with Crippen LogP contribution in [0.2, 0.25) is 0 Å². The van der Waals surface area contributed by atoms with Crippen molar-refractivity contribution >= 4 is 45.5 Å². The molecule has 1 aromatic carbocycles. The van der Waals surface area contributed by atoms with Crippen LogP contribution in [0.5, 0.6) is 11.5 Å². The number of hydrogen-bond acceptors (Lipinski definition) is 8. The number of amides is 1. The predicted octanol–water partition coefficient (Wildman–Crippen LogP) is 4.50. The van der Waals surface area contributed by atoms with E-state index in [-0.39, 0.29) is 12.3 Å². The van der Waals surface area contributed by atoms with Crippen LogP contribution < -0.4 is 14.8 Å². The maximum Gasteiger partial charge on any atom is 0.232 e. The second-order valence-electron chi connectivity index (χ2n) is 5.53. The van der Waals surface area contributed by atoms with E-state index < -0.39 is 0 Å². The molecule has 2 heterocycles. The third-order valence-corrected chi connectivity index (χ3v) is 6.93. The maximum absolute atomic E-state index is 12.3. The van der Waals surface area contributed by atoms with Crippen LogP contribution in [-0.4, -0.2) is 36.4 Å². The fourth-order valence-electron chi connectivity index (χ4n) is 2.44. The van der Waals surface area contributed by atoms with Crippen molar-refractivity contribution < 1.29 is 14.3 Å². The number of rotatable bonds is 7. The van der Waals surface area contributed by atoms with Crippen LogP contribution in [0.1, 0.15) is 11.4 Å². The molecule has 0 aliphatic heterocycles. The lowest BCUT2D eigenvalue weighted by molar-refractivity contribution is -0.115. The minimum absolute atomic E-state index is 0.124. The summed E-state index contributed by atoms with van der Waals surface area (Å²) in [6, 6.07) is 5.65. The average Bonchev–Trinajstić information content (AvgIpc) is 3.27. The van der Waals surface area contributed by atoms with Gasteiger partial charge in [-0.1, -0.05) is 11.3 Å². The van der Waals surface area contributed by atoms with E-state index >= 15 is 0 Å². The second-order valence-corrected chi connectivity index (χ2v) is 8.47. The van der Waals surface area contributed by atoms with Crippen molar-refractivity contribution in [3.8, 4) is 22.1 Å². The number of thioether (sulfide) groups is 1. The highest BCUT2D eigenvalue weighted by atomic mass is 32.2. The number of thiazole rings is 2. The Labute approximate surface area is 170 Å². The molecular formula is C18H19N3O3S3. The molecule has 0 saturated carbocycles. The van der Waals surface area contributed by atoms with Crippen LogP contribution in [0, 0.1) is 6.92 Å². The van der Waals surface area contributed by atoms with Crippen molar-refractivity contribution in [2.24, 2.45) is 0 Å². The van der Waals surface area contributed by atoms with Gasteiger partial charge in [-0.3, -0.25) is 4.79 Å². The molecule has 1 amide bonds. The second kappa shape index (κ2) is 8.73. The van der Waals surface area contributed by atoms with Crippen LogP contribution in [0.4, 0.5) is 5.13 Å². The molecule has 6 nitrogen and oxygen atoms in total. The normalized spacial score (nSPS) is 10.7. The van der Waals surface area contributed by atoms with E-state index in [1.807, 2.05) is 36.8 Å². The average molecular weight is 422 g/mol. The van der Waals surface area contributed by atoms with E-state index in [1.54, 1.807) is 26.0 Å². The topological polar surface area (TPSA) is 73.3 Å². The summed E-state index contributed by atoms with van der Waals surface area (Å²) in [7, 11) is 3.20. The number of methoxy groups -OCH3 is 2. The highest BCUT2D eigenvalue weighted by Gasteiger charge is 2.14. The number of benzene rings is 1. The minimum Gasteiger partial charge on any atom is -0.493 e. The first-order chi connectivity index (χ1) is 13.0. The van der Waals surface area contributed by atoms with Crippen molar-refractivity contribution in [1.82, 2.24) is 9.97 Å². The van der Waals surface area contributed by atoms with Crippen molar-refractivity contribution in [3.63, 3.8) is 0 Å². The van der Waals surface area contributed by atoms with Crippen molar-refractivity contribution in [3.05, 3.63) is 35.0 Å². The van der Waals surface area contributed by atoms with Crippen molar-refractivity contribution in [2.75, 3.05) is 25.8 Å². The molecule has 142 valence electrons. The number of carbonyl (C=O) groups is 1. The van der Waals surface area contributed by atoms with Crippen LogP contribution in [-0.2, 0) is 11.2 Å². The van der Waals surface area contributed by atoms with Gasteiger partial charge < -0.3 is 14.8 Å². The highest BCUT2D eigenvalue weighted by molar-refractivity contribution is 8.00. The first kappa shape index (κ1) is 19.7. The van der Waals surface area contributed by atoms with Crippen LogP contribution >= 0.6 is 34.4 Å². The zero-order valence-corrected chi connectivity index (χ0v) is 17.8. The number of ether oxygens (including phenoxy) is 2. The number of aromatic nitrogens is 2. The summed E-state index contributed by atoms with van der Waals surface area (Å²) in [5.41, 5.74) is 2.58. The maximum atomic E-state index is 12.3. The van der Waals surface area contributed by atoms with Gasteiger partial charge in [-0.05, 0) is 31.4 Å². The molecule has 0 radical (unpaired) electrons. The van der Waals surface area contributed by atoms with E-state index in [2.05, 4.69) is 15.3 Å². The standard InChI is InChI=1S/C18H19N3O3S3/c1-10-17(25-4)27-18(19-10)21-15(22)8-12-9-26-16(20-12)11-5-6-13(23-2)14(7-11)24-3/h5-7,9H,8H2,1-4H3,(H,19,21,22). The zero-order chi connectivity index (χ0) is 19.4. The van der Waals surface area contributed by atoms with Gasteiger partial charge in [0.05, 0.1) is 36.2 Å². The number of aryl methyl sites for hydroxylation is 1. The number of nitrogens with zero attached hydrogens (tertiary/aromatic N) is 2. The SMILES string of the molecule is COc1ccc(-c2nc(CC(=O)Nc3nc(C)c(SC)s3)cs2)cc1OC. The Bertz CT molecular complexity index is 952. The molecule has 9 heteroatoms. The lowest BCUT2D eigenvalue weighted by atomic mass is 10.2. The molecule has 1 N–H and O–H groups in total. The predicted molar refractivity (Wildman–Crippen MR) is 112 cm³/mol. The van der Waals surface area contributed by atoms with Crippen LogP contribution in [0.3, 0.4) is 0 Å². The number of nitrogens with one attached hydrogen (secondary N) is 1. The van der Waals surface area contributed by atoms with Crippen molar-refractivity contribution in [1.29, 1.82) is 0 Å². The molecule has 0 aliphatic rings. The van der Waals surface area contributed by atoms with Gasteiger partial charge in [0.15, 0.2) is 16.6 Å². The number of anilines is 1. The van der Waals surface area contributed by atoms with E-state index in [9.17, 15) is 4.79 Å². The van der Waals surface area contributed by atoms with E-state index in [0.29, 0.717) is 16.6 Å². The van der Waals surface area contributed by atoms with Crippen LogP contribution in [0.15, 0.2) is 27.8 Å². The third-order valence-electron chi connectivity index (χ3n) is 3.71. The summed E-state index contributed by atoms with van der Waals surface area (Å²) in [5, 5.41) is 6.20. The Morgan fingerprint density at radius 2 is 2.00 bits per heavy atom. The van der Waals surface area contributed by atoms with Crippen LogP contribution in [0.25, 0.3) is 10.6 Å². The summed E-state index contributed by atoms with van der Waals surface area (Å²) < 4.78 is 11.7. The van der Waals surface area contributed by atoms with E-state index in [1.165, 1.54) is 22.7 Å². The molecule has 3 aromatic rings. The first-order valence-corrected chi connectivity index (χ1v) is 10.9. The Hall–Kier alpha value is -2.10. The molecule has 27 heavy (non-hydrogen) atoms. The minimum atomic E-state index is -0.124. The molecule has 0 atom stereocenters. The van der Waals surface area contributed by atoms with Gasteiger partial charge >= 0.3 is 0 Å². The fourth-order valence-corrected chi connectivity index (χ4v) is 4.89. The summed E-state index contributed by atoms with van der Waals surface area (Å²) in [6.07, 6.45) is 2.20. The number of carbonyl (C=O) groups excluding carboxylic acids is 1. The van der Waals surface area contributed by atoms with Gasteiger partial charge in [0.25, 0.3) is 0 Å². The summed E-state index contributed by atoms with van der Waals surface area (Å²) in [6.45, 7) is 1.94. The molecule has 0 saturated heterocycles. The van der Waals surface area contributed by atoms with Gasteiger partial charge in [0, 0.05) is 10.9 Å². The molecule has 0 unspecified atom stereocenters. The lowest BCUT2D eigenvalue weighted by Crippen LogP contribution is -2.14. The van der Waals surface area contributed by atoms with Gasteiger partial charge in [-0.2, -0.15) is 0 Å². The Morgan fingerprint density at radius 1 is 1.22 bits per heavy atom. The molecule has 2 aromatic heterocycles. The smallest absolute Gasteiger partial charge is 0.232 e. The molecular weight excluding hydrogens is 402 g/mol. The number of hydrogen-bond donors (Lipinski definition) is 1. The Kier molecular flexibility index (Phi) is 6.35. The molecule has 0 spiro atoms. The third kappa shape index (κ3) is 4.60. The largest absolute Gasteiger partial charge is 0.493 e. The Morgan fingerprint density at radius 3 is 2.67 bits per heavy atom. The molecule has 0 bridgehead atoms. The van der Waals surface area contributed by atoms with E-state index in [4.69, 9.17) is 9.47 Å². The van der Waals surface area contributed by atoms with Gasteiger partial charge in [-0.25, -0.2) is 9.97 Å². The fraction of sp³-hybridized carbons (Fsp3) is 0.278. The monoisotopic (exact) mass is 421 g/mol. The quantitative estimate of drug-likeness (QED) is 0.567. The summed E-state index contributed by atoms with van der Waals surface area (Å²) in [4.78, 5) is 21.2. The highest BCUT2D eigenvalue weighted by Crippen LogP contribution is 2.34. The van der Waals surface area contributed by atoms with Crippen molar-refractivity contribution in [2.45, 2.75) is 17.6 Å². The van der Waals surface area contributed by atoms with Gasteiger partial charge in [-0.15, -0.1) is 23.1 Å². The molecule has 0 fully saturated rings.